The molecule has 1 aliphatic rings. The number of hydrogen-bond acceptors (Lipinski definition) is 6. The van der Waals surface area contributed by atoms with Gasteiger partial charge in [-0.1, -0.05) is 13.8 Å². The summed E-state index contributed by atoms with van der Waals surface area (Å²) < 4.78 is 56.2. The molecule has 1 saturated heterocycles. The number of benzene rings is 1. The summed E-state index contributed by atoms with van der Waals surface area (Å²) in [5, 5.41) is -0.626. The lowest BCUT2D eigenvalue weighted by Crippen LogP contribution is -2.57. The normalized spacial score (nSPS) is 15.5. The van der Waals surface area contributed by atoms with E-state index in [-0.39, 0.29) is 29.6 Å². The van der Waals surface area contributed by atoms with Crippen LogP contribution in [-0.4, -0.2) is 63.4 Å². The number of hydrogen-bond donors (Lipinski definition) is 0. The number of furan rings is 1. The van der Waals surface area contributed by atoms with Crippen LogP contribution in [0.25, 0.3) is 0 Å². The van der Waals surface area contributed by atoms with Gasteiger partial charge in [0.1, 0.15) is 11.5 Å². The Kier molecular flexibility index (Phi) is 6.16. The van der Waals surface area contributed by atoms with Gasteiger partial charge in [-0.15, -0.1) is 0 Å². The Labute approximate surface area is 171 Å². The van der Waals surface area contributed by atoms with Crippen LogP contribution in [0.3, 0.4) is 0 Å². The van der Waals surface area contributed by atoms with Crippen LogP contribution in [0.2, 0.25) is 0 Å². The molecule has 0 atom stereocenters. The Morgan fingerprint density at radius 1 is 1.07 bits per heavy atom. The highest BCUT2D eigenvalue weighted by atomic mass is 32.2. The van der Waals surface area contributed by atoms with Gasteiger partial charge in [-0.3, -0.25) is 4.79 Å². The molecule has 1 amide bonds. The van der Waals surface area contributed by atoms with E-state index >= 15 is 0 Å². The minimum absolute atomic E-state index is 0.112. The third-order valence-corrected chi connectivity index (χ3v) is 9.08. The second-order valence-corrected chi connectivity index (χ2v) is 11.1. The summed E-state index contributed by atoms with van der Waals surface area (Å²) in [5.74, 6) is -0.133. The molecule has 0 spiro atoms. The van der Waals surface area contributed by atoms with Gasteiger partial charge in [0.25, 0.3) is 5.91 Å². The van der Waals surface area contributed by atoms with Gasteiger partial charge in [0.2, 0.25) is 10.0 Å². The number of sulfone groups is 1. The van der Waals surface area contributed by atoms with Gasteiger partial charge in [-0.2, -0.15) is 4.31 Å². The Bertz CT molecular complexity index is 1050. The van der Waals surface area contributed by atoms with Crippen molar-refractivity contribution >= 4 is 25.8 Å². The zero-order valence-electron chi connectivity index (χ0n) is 16.3. The lowest BCUT2D eigenvalue weighted by atomic mass is 10.1. The predicted molar refractivity (Wildman–Crippen MR) is 108 cm³/mol. The molecule has 2 aromatic rings. The lowest BCUT2D eigenvalue weighted by molar-refractivity contribution is 0.0658. The molecule has 0 saturated carbocycles. The van der Waals surface area contributed by atoms with Crippen LogP contribution in [0.5, 0.6) is 0 Å². The third kappa shape index (κ3) is 4.39. The number of nitrogens with zero attached hydrogens (tertiary/aromatic N) is 2. The van der Waals surface area contributed by atoms with Crippen molar-refractivity contribution in [2.24, 2.45) is 0 Å². The Morgan fingerprint density at radius 2 is 1.69 bits per heavy atom. The van der Waals surface area contributed by atoms with Gasteiger partial charge in [0.15, 0.2) is 9.84 Å². The number of carbonyl (C=O) groups excluding carboxylic acids is 1. The van der Waals surface area contributed by atoms with Crippen LogP contribution < -0.4 is 0 Å². The first-order valence-corrected chi connectivity index (χ1v) is 12.5. The average molecular weight is 441 g/mol. The highest BCUT2D eigenvalue weighted by Crippen LogP contribution is 2.23. The molecule has 1 aliphatic heterocycles. The minimum atomic E-state index is -3.59. The topological polar surface area (TPSA) is 105 Å². The average Bonchev–Trinajstić information content (AvgIpc) is 3.13. The molecule has 2 heterocycles. The van der Waals surface area contributed by atoms with Crippen molar-refractivity contribution < 1.29 is 26.0 Å². The number of amides is 1. The van der Waals surface area contributed by atoms with Gasteiger partial charge in [0, 0.05) is 31.7 Å². The molecular weight excluding hydrogens is 416 g/mol. The summed E-state index contributed by atoms with van der Waals surface area (Å²) in [4.78, 5) is 14.1. The van der Waals surface area contributed by atoms with E-state index in [0.717, 1.165) is 0 Å². The highest BCUT2D eigenvalue weighted by Gasteiger charge is 2.40. The molecule has 0 radical (unpaired) electrons. The summed E-state index contributed by atoms with van der Waals surface area (Å²) in [6.45, 7) is 4.48. The largest absolute Gasteiger partial charge is 0.468 e. The van der Waals surface area contributed by atoms with Crippen molar-refractivity contribution in [2.75, 3.05) is 26.2 Å². The van der Waals surface area contributed by atoms with Gasteiger partial charge in [-0.05, 0) is 36.4 Å². The fraction of sp³-hybridized carbons (Fsp3) is 0.421. The molecule has 158 valence electrons. The second kappa shape index (κ2) is 8.29. The summed E-state index contributed by atoms with van der Waals surface area (Å²) in [6.07, 6.45) is 1.42. The molecule has 1 fully saturated rings. The van der Waals surface area contributed by atoms with Gasteiger partial charge >= 0.3 is 0 Å². The third-order valence-electron chi connectivity index (χ3n) is 5.01. The molecular formula is C19H24N2O6S2. The SMILES string of the molecule is CCN(CC)S(=O)(=O)c1ccc(C(=O)N2CC(S(=O)(=O)Cc3ccco3)C2)cc1. The maximum Gasteiger partial charge on any atom is 0.253 e. The number of rotatable bonds is 8. The van der Waals surface area contributed by atoms with Crippen molar-refractivity contribution in [3.63, 3.8) is 0 Å². The van der Waals surface area contributed by atoms with Crippen LogP contribution in [-0.2, 0) is 25.6 Å². The van der Waals surface area contributed by atoms with E-state index < -0.39 is 25.1 Å². The number of carbonyl (C=O) groups is 1. The maximum atomic E-state index is 12.6. The monoisotopic (exact) mass is 440 g/mol. The molecule has 29 heavy (non-hydrogen) atoms. The highest BCUT2D eigenvalue weighted by molar-refractivity contribution is 7.91. The van der Waals surface area contributed by atoms with Gasteiger partial charge < -0.3 is 9.32 Å². The molecule has 0 N–H and O–H groups in total. The fourth-order valence-corrected chi connectivity index (χ4v) is 6.28. The van der Waals surface area contributed by atoms with E-state index in [1.165, 1.54) is 39.7 Å². The quantitative estimate of drug-likeness (QED) is 0.619. The summed E-state index contributed by atoms with van der Waals surface area (Å²) in [7, 11) is -7.00. The van der Waals surface area contributed by atoms with E-state index in [4.69, 9.17) is 4.42 Å². The maximum absolute atomic E-state index is 12.6. The standard InChI is InChI=1S/C19H24N2O6S2/c1-3-21(4-2)29(25,26)17-9-7-15(8-10-17)19(22)20-12-18(13-20)28(23,24)14-16-6-5-11-27-16/h5-11,18H,3-4,12-14H2,1-2H3. The molecule has 10 heteroatoms. The molecule has 0 bridgehead atoms. The van der Waals surface area contributed by atoms with E-state index in [2.05, 4.69) is 0 Å². The molecule has 1 aromatic carbocycles. The van der Waals surface area contributed by atoms with E-state index in [1.807, 2.05) is 0 Å². The Morgan fingerprint density at radius 3 is 2.21 bits per heavy atom. The zero-order valence-corrected chi connectivity index (χ0v) is 17.9. The summed E-state index contributed by atoms with van der Waals surface area (Å²) >= 11 is 0. The van der Waals surface area contributed by atoms with Crippen LogP contribution in [0.4, 0.5) is 0 Å². The van der Waals surface area contributed by atoms with E-state index in [0.29, 0.717) is 24.4 Å². The number of likely N-dealkylation sites (tertiary alicyclic amines) is 1. The van der Waals surface area contributed by atoms with Gasteiger partial charge in [0.05, 0.1) is 16.4 Å². The predicted octanol–water partition coefficient (Wildman–Crippen LogP) is 1.75. The fourth-order valence-electron chi connectivity index (χ4n) is 3.21. The molecule has 3 rings (SSSR count). The molecule has 8 nitrogen and oxygen atoms in total. The van der Waals surface area contributed by atoms with E-state index in [9.17, 15) is 21.6 Å². The van der Waals surface area contributed by atoms with Crippen molar-refractivity contribution in [3.8, 4) is 0 Å². The number of sulfonamides is 1. The minimum Gasteiger partial charge on any atom is -0.468 e. The Balaban J connectivity index is 1.64. The van der Waals surface area contributed by atoms with Crippen LogP contribution in [0, 0.1) is 0 Å². The molecule has 0 aliphatic carbocycles. The van der Waals surface area contributed by atoms with Crippen LogP contribution in [0.1, 0.15) is 30.0 Å². The molecule has 0 unspecified atom stereocenters. The van der Waals surface area contributed by atoms with Crippen molar-refractivity contribution in [1.82, 2.24) is 9.21 Å². The Hall–Kier alpha value is -2.17. The zero-order chi connectivity index (χ0) is 21.2. The van der Waals surface area contributed by atoms with Crippen molar-refractivity contribution in [2.45, 2.75) is 29.7 Å². The lowest BCUT2D eigenvalue weighted by Gasteiger charge is -2.38. The first-order chi connectivity index (χ1) is 13.7. The smallest absolute Gasteiger partial charge is 0.253 e. The molecule has 1 aromatic heterocycles. The van der Waals surface area contributed by atoms with Crippen molar-refractivity contribution in [3.05, 3.63) is 54.0 Å². The van der Waals surface area contributed by atoms with Crippen LogP contribution in [0.15, 0.2) is 52.0 Å². The first kappa shape index (κ1) is 21.5. The van der Waals surface area contributed by atoms with Crippen molar-refractivity contribution in [1.29, 1.82) is 0 Å². The summed E-state index contributed by atoms with van der Waals surface area (Å²) in [5.41, 5.74) is 0.324. The van der Waals surface area contributed by atoms with E-state index in [1.54, 1.807) is 26.0 Å². The second-order valence-electron chi connectivity index (χ2n) is 6.83. The van der Waals surface area contributed by atoms with Crippen LogP contribution >= 0.6 is 0 Å². The summed E-state index contributed by atoms with van der Waals surface area (Å²) in [6, 6.07) is 8.98. The first-order valence-electron chi connectivity index (χ1n) is 9.32. The van der Waals surface area contributed by atoms with Gasteiger partial charge in [-0.25, -0.2) is 16.8 Å².